The monoisotopic (exact) mass is 246 g/mol. The number of ether oxygens (including phenoxy) is 2. The summed E-state index contributed by atoms with van der Waals surface area (Å²) in [5.41, 5.74) is 0.411. The lowest BCUT2D eigenvalue weighted by Gasteiger charge is -2.12. The molecule has 6 heteroatoms. The fraction of sp³-hybridized carbons (Fsp3) is 0.600. The standard InChI is InChI=1S/C10H15ClN2O3/c1-15-8-6-12-9(10(13-8)16-2)7(14)4-3-5-11/h6-7,14H,3-5H2,1-2H3. The molecule has 0 aliphatic heterocycles. The first-order valence-corrected chi connectivity index (χ1v) is 5.45. The molecule has 0 spiro atoms. The number of aromatic nitrogens is 2. The molecule has 0 amide bonds. The van der Waals surface area contributed by atoms with E-state index < -0.39 is 6.10 Å². The summed E-state index contributed by atoms with van der Waals surface area (Å²) in [5, 5.41) is 9.85. The lowest BCUT2D eigenvalue weighted by molar-refractivity contribution is 0.156. The zero-order valence-electron chi connectivity index (χ0n) is 9.31. The maximum atomic E-state index is 9.85. The molecule has 0 saturated heterocycles. The zero-order valence-corrected chi connectivity index (χ0v) is 10.1. The second kappa shape index (κ2) is 6.50. The number of rotatable bonds is 6. The molecule has 1 atom stereocenters. The largest absolute Gasteiger partial charge is 0.480 e. The Balaban J connectivity index is 2.85. The quantitative estimate of drug-likeness (QED) is 0.772. The minimum absolute atomic E-state index is 0.279. The predicted molar refractivity (Wildman–Crippen MR) is 60.0 cm³/mol. The van der Waals surface area contributed by atoms with E-state index in [4.69, 9.17) is 21.1 Å². The van der Waals surface area contributed by atoms with Gasteiger partial charge in [0.2, 0.25) is 11.8 Å². The topological polar surface area (TPSA) is 64.5 Å². The summed E-state index contributed by atoms with van der Waals surface area (Å²) in [5.74, 6) is 1.13. The van der Waals surface area contributed by atoms with Gasteiger partial charge in [-0.3, -0.25) is 0 Å². The molecule has 1 unspecified atom stereocenters. The van der Waals surface area contributed by atoms with Gasteiger partial charge in [0.1, 0.15) is 11.8 Å². The van der Waals surface area contributed by atoms with Crippen molar-refractivity contribution in [2.45, 2.75) is 18.9 Å². The van der Waals surface area contributed by atoms with Crippen LogP contribution in [0.1, 0.15) is 24.6 Å². The molecule has 1 rings (SSSR count). The van der Waals surface area contributed by atoms with E-state index in [-0.39, 0.29) is 5.88 Å². The molecule has 0 bridgehead atoms. The molecule has 90 valence electrons. The highest BCUT2D eigenvalue weighted by Gasteiger charge is 2.16. The van der Waals surface area contributed by atoms with E-state index in [2.05, 4.69) is 9.97 Å². The van der Waals surface area contributed by atoms with E-state index in [1.54, 1.807) is 0 Å². The van der Waals surface area contributed by atoms with Crippen molar-refractivity contribution in [1.82, 2.24) is 9.97 Å². The van der Waals surface area contributed by atoms with Gasteiger partial charge in [-0.05, 0) is 12.8 Å². The second-order valence-electron chi connectivity index (χ2n) is 3.15. The Labute approximate surface area is 99.4 Å². The molecule has 1 aromatic rings. The summed E-state index contributed by atoms with van der Waals surface area (Å²) in [4.78, 5) is 8.11. The minimum atomic E-state index is -0.716. The molecule has 16 heavy (non-hydrogen) atoms. The number of hydrogen-bond acceptors (Lipinski definition) is 5. The third kappa shape index (κ3) is 3.21. The van der Waals surface area contributed by atoms with E-state index in [1.165, 1.54) is 20.4 Å². The van der Waals surface area contributed by atoms with Crippen LogP contribution >= 0.6 is 11.6 Å². The third-order valence-corrected chi connectivity index (χ3v) is 2.34. The Bertz CT molecular complexity index is 336. The van der Waals surface area contributed by atoms with Crippen molar-refractivity contribution in [3.05, 3.63) is 11.9 Å². The highest BCUT2D eigenvalue weighted by molar-refractivity contribution is 6.17. The molecular weight excluding hydrogens is 232 g/mol. The smallest absolute Gasteiger partial charge is 0.241 e. The van der Waals surface area contributed by atoms with Crippen LogP contribution in [0.5, 0.6) is 11.8 Å². The van der Waals surface area contributed by atoms with Crippen molar-refractivity contribution in [3.8, 4) is 11.8 Å². The van der Waals surface area contributed by atoms with Crippen LogP contribution in [0.4, 0.5) is 0 Å². The number of methoxy groups -OCH3 is 2. The van der Waals surface area contributed by atoms with Crippen LogP contribution in [0.3, 0.4) is 0 Å². The average molecular weight is 247 g/mol. The molecule has 1 N–H and O–H groups in total. The molecular formula is C10H15ClN2O3. The highest BCUT2D eigenvalue weighted by atomic mass is 35.5. The molecule has 0 radical (unpaired) electrons. The van der Waals surface area contributed by atoms with Gasteiger partial charge < -0.3 is 14.6 Å². The van der Waals surface area contributed by atoms with Crippen LogP contribution in [0.2, 0.25) is 0 Å². The van der Waals surface area contributed by atoms with Crippen LogP contribution in [0.25, 0.3) is 0 Å². The van der Waals surface area contributed by atoms with Gasteiger partial charge in [0, 0.05) is 5.88 Å². The summed E-state index contributed by atoms with van der Waals surface area (Å²) in [6, 6.07) is 0. The first-order chi connectivity index (χ1) is 7.72. The van der Waals surface area contributed by atoms with E-state index in [1.807, 2.05) is 0 Å². The number of halogens is 1. The van der Waals surface area contributed by atoms with Gasteiger partial charge in [0.05, 0.1) is 20.4 Å². The lowest BCUT2D eigenvalue weighted by Crippen LogP contribution is -2.06. The molecule has 0 aromatic carbocycles. The number of hydrogen-bond donors (Lipinski definition) is 1. The third-order valence-electron chi connectivity index (χ3n) is 2.07. The summed E-state index contributed by atoms with van der Waals surface area (Å²) in [6.07, 6.45) is 1.97. The van der Waals surface area contributed by atoms with Crippen molar-refractivity contribution in [1.29, 1.82) is 0 Å². The second-order valence-corrected chi connectivity index (χ2v) is 3.53. The van der Waals surface area contributed by atoms with Gasteiger partial charge in [-0.1, -0.05) is 0 Å². The van der Waals surface area contributed by atoms with E-state index in [9.17, 15) is 5.11 Å². The Morgan fingerprint density at radius 3 is 2.75 bits per heavy atom. The fourth-order valence-corrected chi connectivity index (χ4v) is 1.40. The van der Waals surface area contributed by atoms with Crippen LogP contribution in [0.15, 0.2) is 6.20 Å². The molecule has 5 nitrogen and oxygen atoms in total. The SMILES string of the molecule is COc1cnc(C(O)CCCCl)c(OC)n1. The van der Waals surface area contributed by atoms with Crippen molar-refractivity contribution < 1.29 is 14.6 Å². The van der Waals surface area contributed by atoms with E-state index in [0.29, 0.717) is 30.3 Å². The first-order valence-electron chi connectivity index (χ1n) is 4.91. The van der Waals surface area contributed by atoms with Gasteiger partial charge in [-0.25, -0.2) is 4.98 Å². The minimum Gasteiger partial charge on any atom is -0.480 e. The maximum absolute atomic E-state index is 9.85. The van der Waals surface area contributed by atoms with Gasteiger partial charge in [0.15, 0.2) is 0 Å². The summed E-state index contributed by atoms with van der Waals surface area (Å²) >= 11 is 5.56. The Kier molecular flexibility index (Phi) is 5.28. The Morgan fingerprint density at radius 1 is 1.44 bits per heavy atom. The van der Waals surface area contributed by atoms with Crippen molar-refractivity contribution >= 4 is 11.6 Å². The highest BCUT2D eigenvalue weighted by Crippen LogP contribution is 2.25. The van der Waals surface area contributed by atoms with Gasteiger partial charge in [-0.2, -0.15) is 4.98 Å². The first kappa shape index (κ1) is 13.0. The number of aliphatic hydroxyl groups excluding tert-OH is 1. The number of nitrogens with zero attached hydrogens (tertiary/aromatic N) is 2. The normalized spacial score (nSPS) is 12.2. The van der Waals surface area contributed by atoms with Crippen molar-refractivity contribution in [3.63, 3.8) is 0 Å². The predicted octanol–water partition coefficient (Wildman–Crippen LogP) is 1.55. The molecule has 0 saturated carbocycles. The maximum Gasteiger partial charge on any atom is 0.241 e. The average Bonchev–Trinajstić information content (AvgIpc) is 2.34. The summed E-state index contributed by atoms with van der Waals surface area (Å²) in [6.45, 7) is 0. The van der Waals surface area contributed by atoms with Gasteiger partial charge in [-0.15, -0.1) is 11.6 Å². The summed E-state index contributed by atoms with van der Waals surface area (Å²) in [7, 11) is 2.97. The molecule has 0 fully saturated rings. The van der Waals surface area contributed by atoms with Crippen LogP contribution < -0.4 is 9.47 Å². The molecule has 0 aliphatic carbocycles. The lowest BCUT2D eigenvalue weighted by atomic mass is 10.1. The number of aliphatic hydroxyl groups is 1. The van der Waals surface area contributed by atoms with E-state index >= 15 is 0 Å². The number of alkyl halides is 1. The van der Waals surface area contributed by atoms with Crippen molar-refractivity contribution in [2.24, 2.45) is 0 Å². The summed E-state index contributed by atoms with van der Waals surface area (Å²) < 4.78 is 9.96. The van der Waals surface area contributed by atoms with Crippen LogP contribution in [0, 0.1) is 0 Å². The van der Waals surface area contributed by atoms with Gasteiger partial charge >= 0.3 is 0 Å². The molecule has 1 aromatic heterocycles. The van der Waals surface area contributed by atoms with Gasteiger partial charge in [0.25, 0.3) is 0 Å². The van der Waals surface area contributed by atoms with Crippen molar-refractivity contribution in [2.75, 3.05) is 20.1 Å². The van der Waals surface area contributed by atoms with Crippen LogP contribution in [-0.4, -0.2) is 35.2 Å². The zero-order chi connectivity index (χ0) is 12.0. The van der Waals surface area contributed by atoms with Crippen LogP contribution in [-0.2, 0) is 0 Å². The Morgan fingerprint density at radius 2 is 2.19 bits per heavy atom. The fourth-order valence-electron chi connectivity index (χ4n) is 1.25. The van der Waals surface area contributed by atoms with E-state index in [0.717, 1.165) is 0 Å². The molecule has 1 heterocycles. The Hall–Kier alpha value is -1.07. The molecule has 0 aliphatic rings.